The number of hydrogen-bond acceptors (Lipinski definition) is 6. The number of aromatic nitrogens is 3. The molecule has 128 valence electrons. The van der Waals surface area contributed by atoms with E-state index in [-0.39, 0.29) is 12.1 Å². The molecule has 25 heavy (non-hydrogen) atoms. The standard InChI is InChI=1S/C19H22N6/c20-14-6-1-2-7-17(14)24-19-22-12-10-18(25-19)23-16-9-3-8-15-13(16)5-4-11-21-15/h3-5,8-12,14,17H,1-2,6-7,20H2,(H2,22,23,24,25)/t14-,17+/m0/s1. The number of nitrogens with zero attached hydrogens (tertiary/aromatic N) is 3. The Kier molecular flexibility index (Phi) is 4.43. The average molecular weight is 334 g/mol. The predicted molar refractivity (Wildman–Crippen MR) is 101 cm³/mol. The van der Waals surface area contributed by atoms with E-state index in [9.17, 15) is 0 Å². The Labute approximate surface area is 146 Å². The first kappa shape index (κ1) is 15.8. The molecule has 4 rings (SSSR count). The number of hydrogen-bond donors (Lipinski definition) is 3. The summed E-state index contributed by atoms with van der Waals surface area (Å²) in [6.45, 7) is 0. The van der Waals surface area contributed by atoms with Gasteiger partial charge >= 0.3 is 0 Å². The molecule has 6 nitrogen and oxygen atoms in total. The Bertz CT molecular complexity index is 860. The largest absolute Gasteiger partial charge is 0.350 e. The number of benzene rings is 1. The molecule has 0 unspecified atom stereocenters. The van der Waals surface area contributed by atoms with Gasteiger partial charge in [0.25, 0.3) is 0 Å². The van der Waals surface area contributed by atoms with Crippen molar-refractivity contribution in [2.45, 2.75) is 37.8 Å². The molecule has 2 aromatic heterocycles. The molecule has 1 aromatic carbocycles. The number of nitrogens with two attached hydrogens (primary N) is 1. The van der Waals surface area contributed by atoms with Gasteiger partial charge in [0.05, 0.1) is 5.52 Å². The lowest BCUT2D eigenvalue weighted by Gasteiger charge is -2.29. The fourth-order valence-corrected chi connectivity index (χ4v) is 3.35. The molecule has 1 aliphatic carbocycles. The molecule has 4 N–H and O–H groups in total. The Balaban J connectivity index is 1.55. The Hall–Kier alpha value is -2.73. The van der Waals surface area contributed by atoms with Gasteiger partial charge in [-0.2, -0.15) is 4.98 Å². The molecule has 1 fully saturated rings. The third-order valence-corrected chi connectivity index (χ3v) is 4.70. The van der Waals surface area contributed by atoms with Crippen molar-refractivity contribution in [3.05, 3.63) is 48.8 Å². The van der Waals surface area contributed by atoms with Crippen LogP contribution in [0.25, 0.3) is 10.9 Å². The summed E-state index contributed by atoms with van der Waals surface area (Å²) in [5, 5.41) is 7.83. The molecule has 0 bridgehead atoms. The summed E-state index contributed by atoms with van der Waals surface area (Å²) < 4.78 is 0. The Morgan fingerprint density at radius 1 is 0.960 bits per heavy atom. The summed E-state index contributed by atoms with van der Waals surface area (Å²) in [7, 11) is 0. The van der Waals surface area contributed by atoms with Gasteiger partial charge in [-0.15, -0.1) is 0 Å². The molecule has 0 spiro atoms. The van der Waals surface area contributed by atoms with E-state index in [4.69, 9.17) is 5.73 Å². The molecule has 1 saturated carbocycles. The van der Waals surface area contributed by atoms with Crippen LogP contribution in [0, 0.1) is 0 Å². The maximum atomic E-state index is 6.21. The summed E-state index contributed by atoms with van der Waals surface area (Å²) in [5.74, 6) is 1.36. The van der Waals surface area contributed by atoms with Crippen molar-refractivity contribution in [1.29, 1.82) is 0 Å². The van der Waals surface area contributed by atoms with E-state index >= 15 is 0 Å². The van der Waals surface area contributed by atoms with E-state index < -0.39 is 0 Å². The van der Waals surface area contributed by atoms with Crippen LogP contribution in [0.5, 0.6) is 0 Å². The lowest BCUT2D eigenvalue weighted by atomic mass is 9.91. The van der Waals surface area contributed by atoms with Gasteiger partial charge in [0.2, 0.25) is 5.95 Å². The highest BCUT2D eigenvalue weighted by Gasteiger charge is 2.22. The first-order chi connectivity index (χ1) is 12.3. The van der Waals surface area contributed by atoms with Crippen LogP contribution in [0.1, 0.15) is 25.7 Å². The van der Waals surface area contributed by atoms with Gasteiger partial charge in [0.1, 0.15) is 5.82 Å². The molecule has 0 amide bonds. The van der Waals surface area contributed by atoms with E-state index in [2.05, 4.69) is 25.6 Å². The number of fused-ring (bicyclic) bond motifs is 1. The van der Waals surface area contributed by atoms with E-state index in [0.29, 0.717) is 5.95 Å². The second kappa shape index (κ2) is 7.03. The molecular weight excluding hydrogens is 312 g/mol. The molecule has 6 heteroatoms. The maximum absolute atomic E-state index is 6.21. The van der Waals surface area contributed by atoms with Crippen LogP contribution in [0.15, 0.2) is 48.8 Å². The van der Waals surface area contributed by atoms with E-state index in [1.165, 1.54) is 12.8 Å². The molecular formula is C19H22N6. The van der Waals surface area contributed by atoms with Crippen LogP contribution >= 0.6 is 0 Å². The smallest absolute Gasteiger partial charge is 0.224 e. The summed E-state index contributed by atoms with van der Waals surface area (Å²) in [5.41, 5.74) is 8.14. The molecule has 0 saturated heterocycles. The van der Waals surface area contributed by atoms with Crippen molar-refractivity contribution in [3.63, 3.8) is 0 Å². The Morgan fingerprint density at radius 2 is 1.88 bits per heavy atom. The van der Waals surface area contributed by atoms with Gasteiger partial charge < -0.3 is 16.4 Å². The topological polar surface area (TPSA) is 88.8 Å². The number of nitrogens with one attached hydrogen (secondary N) is 2. The molecule has 1 aliphatic rings. The zero-order valence-corrected chi connectivity index (χ0v) is 14.0. The first-order valence-electron chi connectivity index (χ1n) is 8.75. The number of anilines is 3. The lowest BCUT2D eigenvalue weighted by Crippen LogP contribution is -2.42. The van der Waals surface area contributed by atoms with Crippen LogP contribution in [0.3, 0.4) is 0 Å². The van der Waals surface area contributed by atoms with Crippen molar-refractivity contribution in [2.24, 2.45) is 5.73 Å². The van der Waals surface area contributed by atoms with E-state index in [1.807, 2.05) is 36.4 Å². The summed E-state index contributed by atoms with van der Waals surface area (Å²) in [6.07, 6.45) is 8.08. The zero-order valence-electron chi connectivity index (χ0n) is 14.0. The third kappa shape index (κ3) is 3.53. The van der Waals surface area contributed by atoms with Crippen molar-refractivity contribution < 1.29 is 0 Å². The molecule has 0 radical (unpaired) electrons. The van der Waals surface area contributed by atoms with Crippen molar-refractivity contribution >= 4 is 28.4 Å². The lowest BCUT2D eigenvalue weighted by molar-refractivity contribution is 0.402. The fourth-order valence-electron chi connectivity index (χ4n) is 3.35. The van der Waals surface area contributed by atoms with E-state index in [1.54, 1.807) is 12.4 Å². The second-order valence-electron chi connectivity index (χ2n) is 6.47. The summed E-state index contributed by atoms with van der Waals surface area (Å²) in [4.78, 5) is 13.3. The van der Waals surface area contributed by atoms with Gasteiger partial charge in [-0.25, -0.2) is 4.98 Å². The van der Waals surface area contributed by atoms with Crippen LogP contribution < -0.4 is 16.4 Å². The number of rotatable bonds is 4. The molecule has 0 aliphatic heterocycles. The maximum Gasteiger partial charge on any atom is 0.224 e. The molecule has 3 aromatic rings. The van der Waals surface area contributed by atoms with Gasteiger partial charge in [0, 0.05) is 35.6 Å². The fraction of sp³-hybridized carbons (Fsp3) is 0.316. The summed E-state index contributed by atoms with van der Waals surface area (Å²) >= 11 is 0. The monoisotopic (exact) mass is 334 g/mol. The van der Waals surface area contributed by atoms with Crippen LogP contribution in [0.4, 0.5) is 17.5 Å². The highest BCUT2D eigenvalue weighted by Crippen LogP contribution is 2.25. The van der Waals surface area contributed by atoms with Crippen molar-refractivity contribution in [3.8, 4) is 0 Å². The highest BCUT2D eigenvalue weighted by atomic mass is 15.2. The summed E-state index contributed by atoms with van der Waals surface area (Å²) in [6, 6.07) is 12.3. The average Bonchev–Trinajstić information content (AvgIpc) is 2.64. The Morgan fingerprint density at radius 3 is 2.80 bits per heavy atom. The zero-order chi connectivity index (χ0) is 17.1. The minimum Gasteiger partial charge on any atom is -0.350 e. The van der Waals surface area contributed by atoms with Crippen molar-refractivity contribution in [1.82, 2.24) is 15.0 Å². The van der Waals surface area contributed by atoms with Gasteiger partial charge in [-0.1, -0.05) is 18.9 Å². The molecule has 2 heterocycles. The molecule has 2 atom stereocenters. The first-order valence-corrected chi connectivity index (χ1v) is 8.75. The van der Waals surface area contributed by atoms with Crippen LogP contribution in [-0.2, 0) is 0 Å². The second-order valence-corrected chi connectivity index (χ2v) is 6.47. The highest BCUT2D eigenvalue weighted by molar-refractivity contribution is 5.92. The minimum absolute atomic E-state index is 0.165. The predicted octanol–water partition coefficient (Wildman–Crippen LogP) is 3.45. The van der Waals surface area contributed by atoms with Gasteiger partial charge in [-0.3, -0.25) is 4.98 Å². The van der Waals surface area contributed by atoms with Crippen LogP contribution in [-0.4, -0.2) is 27.0 Å². The quantitative estimate of drug-likeness (QED) is 0.677. The SMILES string of the molecule is N[C@H]1CCCC[C@H]1Nc1nccc(Nc2cccc3ncccc23)n1. The van der Waals surface area contributed by atoms with Crippen LogP contribution in [0.2, 0.25) is 0 Å². The van der Waals surface area contributed by atoms with Crippen molar-refractivity contribution in [2.75, 3.05) is 10.6 Å². The minimum atomic E-state index is 0.165. The van der Waals surface area contributed by atoms with E-state index in [0.717, 1.165) is 35.2 Å². The van der Waals surface area contributed by atoms with Gasteiger partial charge in [0.15, 0.2) is 0 Å². The normalized spacial score (nSPS) is 20.4. The van der Waals surface area contributed by atoms with Gasteiger partial charge in [-0.05, 0) is 43.2 Å². The third-order valence-electron chi connectivity index (χ3n) is 4.70. The number of pyridine rings is 1.